The average Bonchev–Trinajstić information content (AvgIpc) is 2.32. The van der Waals surface area contributed by atoms with Gasteiger partial charge in [0, 0.05) is 0 Å². The van der Waals surface area contributed by atoms with Crippen LogP contribution in [0.15, 0.2) is 0 Å². The lowest BCUT2D eigenvalue weighted by Crippen LogP contribution is -2.50. The van der Waals surface area contributed by atoms with Gasteiger partial charge in [-0.2, -0.15) is 11.8 Å². The molecule has 0 rings (SSSR count). The maximum absolute atomic E-state index is 11.7. The van der Waals surface area contributed by atoms with Crippen molar-refractivity contribution >= 4 is 36.0 Å². The van der Waals surface area contributed by atoms with E-state index in [1.54, 1.807) is 0 Å². The molecule has 108 valence electrons. The number of carbonyl (C=O) groups excluding carboxylic acids is 2. The van der Waals surface area contributed by atoms with Crippen LogP contribution >= 0.6 is 11.8 Å². The number of carbonyl (C=O) groups is 4. The summed E-state index contributed by atoms with van der Waals surface area (Å²) in [7, 11) is 0. The Labute approximate surface area is 113 Å². The molecule has 0 aliphatic heterocycles. The maximum atomic E-state index is 11.7. The van der Waals surface area contributed by atoms with Crippen LogP contribution in [0.1, 0.15) is 12.8 Å². The topological polar surface area (TPSA) is 133 Å². The van der Waals surface area contributed by atoms with Crippen molar-refractivity contribution in [2.45, 2.75) is 24.9 Å². The Hall–Kier alpha value is -1.77. The number of carboxylic acid groups (broad SMARTS) is 2. The van der Waals surface area contributed by atoms with Crippen LogP contribution in [0.4, 0.5) is 0 Å². The highest BCUT2D eigenvalue weighted by Gasteiger charge is 2.26. The van der Waals surface area contributed by atoms with Crippen molar-refractivity contribution in [2.24, 2.45) is 0 Å². The molecular formula is C10H16N2O6S. The van der Waals surface area contributed by atoms with Gasteiger partial charge < -0.3 is 20.8 Å². The number of nitrogens with one attached hydrogen (secondary N) is 2. The van der Waals surface area contributed by atoms with Crippen LogP contribution in [0, 0.1) is 0 Å². The van der Waals surface area contributed by atoms with E-state index in [-0.39, 0.29) is 0 Å². The van der Waals surface area contributed by atoms with E-state index >= 15 is 0 Å². The number of aliphatic carboxylic acids is 2. The number of rotatable bonds is 10. The van der Waals surface area contributed by atoms with Crippen molar-refractivity contribution in [3.8, 4) is 0 Å². The highest BCUT2D eigenvalue weighted by Crippen LogP contribution is 2.02. The van der Waals surface area contributed by atoms with E-state index in [1.165, 1.54) is 11.8 Å². The quantitative estimate of drug-likeness (QED) is 0.375. The number of amides is 2. The Morgan fingerprint density at radius 1 is 1.26 bits per heavy atom. The molecule has 0 fully saturated rings. The minimum absolute atomic E-state index is 0.325. The highest BCUT2D eigenvalue weighted by atomic mass is 32.2. The number of hydrogen-bond donors (Lipinski definition) is 4. The maximum Gasteiger partial charge on any atom is 0.326 e. The second kappa shape index (κ2) is 9.20. The lowest BCUT2D eigenvalue weighted by atomic mass is 10.1. The first kappa shape index (κ1) is 17.2. The van der Waals surface area contributed by atoms with Gasteiger partial charge in [-0.25, -0.2) is 4.79 Å². The Morgan fingerprint density at radius 3 is 2.32 bits per heavy atom. The smallest absolute Gasteiger partial charge is 0.326 e. The molecule has 0 aliphatic rings. The molecule has 0 unspecified atom stereocenters. The molecule has 0 heterocycles. The first-order valence-corrected chi connectivity index (χ1v) is 6.75. The zero-order valence-corrected chi connectivity index (χ0v) is 11.1. The third-order valence-corrected chi connectivity index (χ3v) is 2.83. The summed E-state index contributed by atoms with van der Waals surface area (Å²) in [4.78, 5) is 43.4. The van der Waals surface area contributed by atoms with Crippen LogP contribution in [0.25, 0.3) is 0 Å². The second-order valence-electron chi connectivity index (χ2n) is 3.62. The largest absolute Gasteiger partial charge is 0.481 e. The summed E-state index contributed by atoms with van der Waals surface area (Å²) in [5, 5.41) is 21.7. The van der Waals surface area contributed by atoms with Gasteiger partial charge in [-0.3, -0.25) is 14.4 Å². The third kappa shape index (κ3) is 7.29. The Bertz CT molecular complexity index is 349. The Morgan fingerprint density at radius 2 is 1.89 bits per heavy atom. The highest BCUT2D eigenvalue weighted by molar-refractivity contribution is 7.98. The van der Waals surface area contributed by atoms with Gasteiger partial charge in [0.2, 0.25) is 12.3 Å². The molecule has 0 aliphatic carbocycles. The minimum Gasteiger partial charge on any atom is -0.481 e. The van der Waals surface area contributed by atoms with E-state index in [0.717, 1.165) is 0 Å². The summed E-state index contributed by atoms with van der Waals surface area (Å²) in [5.74, 6) is -2.90. The summed E-state index contributed by atoms with van der Waals surface area (Å²) < 4.78 is 0. The van der Waals surface area contributed by atoms with Crippen LogP contribution < -0.4 is 10.6 Å². The van der Waals surface area contributed by atoms with E-state index in [0.29, 0.717) is 18.6 Å². The normalized spacial score (nSPS) is 13.1. The van der Waals surface area contributed by atoms with Crippen molar-refractivity contribution in [3.05, 3.63) is 0 Å². The van der Waals surface area contributed by atoms with Crippen molar-refractivity contribution in [3.63, 3.8) is 0 Å². The van der Waals surface area contributed by atoms with Crippen molar-refractivity contribution in [1.82, 2.24) is 10.6 Å². The summed E-state index contributed by atoms with van der Waals surface area (Å²) in [5.41, 5.74) is 0. The molecule has 0 aromatic rings. The number of thioether (sulfide) groups is 1. The molecule has 0 bridgehead atoms. The van der Waals surface area contributed by atoms with E-state index in [9.17, 15) is 19.2 Å². The molecule has 0 aromatic heterocycles. The predicted octanol–water partition coefficient (Wildman–Crippen LogP) is -1.10. The van der Waals surface area contributed by atoms with E-state index < -0.39 is 36.4 Å². The van der Waals surface area contributed by atoms with Crippen LogP contribution in [0.2, 0.25) is 0 Å². The van der Waals surface area contributed by atoms with Crippen LogP contribution in [-0.4, -0.2) is 58.6 Å². The van der Waals surface area contributed by atoms with Crippen LogP contribution in [0.3, 0.4) is 0 Å². The summed E-state index contributed by atoms with van der Waals surface area (Å²) in [6, 6.07) is -2.39. The fourth-order valence-electron chi connectivity index (χ4n) is 1.25. The summed E-state index contributed by atoms with van der Waals surface area (Å²) in [6.45, 7) is 0. The lowest BCUT2D eigenvalue weighted by Gasteiger charge is -2.18. The zero-order chi connectivity index (χ0) is 14.8. The lowest BCUT2D eigenvalue weighted by molar-refractivity contribution is -0.147. The standard InChI is InChI=1S/C10H16N2O6S/c1-19-3-2-6(11-5-13)9(16)12-7(10(17)18)4-8(14)15/h5-7H,2-4H2,1H3,(H,11,13)(H,12,16)(H,14,15)(H,17,18)/t6-,7-/m0/s1. The molecule has 19 heavy (non-hydrogen) atoms. The Balaban J connectivity index is 4.59. The molecule has 0 aromatic carbocycles. The minimum atomic E-state index is -1.52. The first-order chi connectivity index (χ1) is 8.92. The fraction of sp³-hybridized carbons (Fsp3) is 0.600. The SMILES string of the molecule is CSCC[C@H](NC=O)C(=O)N[C@@H](CC(=O)O)C(=O)O. The molecule has 0 radical (unpaired) electrons. The predicted molar refractivity (Wildman–Crippen MR) is 67.8 cm³/mol. The van der Waals surface area contributed by atoms with Gasteiger partial charge in [0.05, 0.1) is 6.42 Å². The summed E-state index contributed by atoms with van der Waals surface area (Å²) >= 11 is 1.46. The zero-order valence-electron chi connectivity index (χ0n) is 10.3. The molecule has 0 spiro atoms. The average molecular weight is 292 g/mol. The third-order valence-electron chi connectivity index (χ3n) is 2.19. The summed E-state index contributed by atoms with van der Waals surface area (Å²) in [6.07, 6.45) is 1.76. The van der Waals surface area contributed by atoms with Crippen LogP contribution in [-0.2, 0) is 19.2 Å². The molecular weight excluding hydrogens is 276 g/mol. The van der Waals surface area contributed by atoms with Gasteiger partial charge in [-0.15, -0.1) is 0 Å². The van der Waals surface area contributed by atoms with Gasteiger partial charge >= 0.3 is 11.9 Å². The molecule has 9 heteroatoms. The molecule has 2 atom stereocenters. The van der Waals surface area contributed by atoms with Crippen LogP contribution in [0.5, 0.6) is 0 Å². The van der Waals surface area contributed by atoms with E-state index in [4.69, 9.17) is 10.2 Å². The van der Waals surface area contributed by atoms with Crippen molar-refractivity contribution < 1.29 is 29.4 Å². The molecule has 2 amide bonds. The van der Waals surface area contributed by atoms with Crippen molar-refractivity contribution in [2.75, 3.05) is 12.0 Å². The first-order valence-electron chi connectivity index (χ1n) is 5.36. The number of hydrogen-bond acceptors (Lipinski definition) is 5. The van der Waals surface area contributed by atoms with Gasteiger partial charge in [0.25, 0.3) is 0 Å². The molecule has 8 nitrogen and oxygen atoms in total. The Kier molecular flexibility index (Phi) is 8.34. The van der Waals surface area contributed by atoms with Crippen molar-refractivity contribution in [1.29, 1.82) is 0 Å². The van der Waals surface area contributed by atoms with E-state index in [1.807, 2.05) is 6.26 Å². The second-order valence-corrected chi connectivity index (χ2v) is 4.60. The van der Waals surface area contributed by atoms with E-state index in [2.05, 4.69) is 10.6 Å². The molecule has 4 N–H and O–H groups in total. The van der Waals surface area contributed by atoms with Gasteiger partial charge in [0.15, 0.2) is 0 Å². The molecule has 0 saturated carbocycles. The van der Waals surface area contributed by atoms with Gasteiger partial charge in [-0.1, -0.05) is 0 Å². The molecule has 0 saturated heterocycles. The monoisotopic (exact) mass is 292 g/mol. The number of carboxylic acids is 2. The van der Waals surface area contributed by atoms with Gasteiger partial charge in [0.1, 0.15) is 12.1 Å². The van der Waals surface area contributed by atoms with Gasteiger partial charge in [-0.05, 0) is 18.4 Å². The fourth-order valence-corrected chi connectivity index (χ4v) is 1.73.